The first-order valence-corrected chi connectivity index (χ1v) is 12.0. The molecular weight excluding hydrogens is 466 g/mol. The number of thiophene rings is 1. The third-order valence-electron chi connectivity index (χ3n) is 5.73. The summed E-state index contributed by atoms with van der Waals surface area (Å²) in [6, 6.07) is 6.77. The number of carbonyl (C=O) groups excluding carboxylic acids is 3. The molecule has 0 aliphatic rings. The molecule has 4 rings (SSSR count). The number of H-pyrrole nitrogens is 2. The van der Waals surface area contributed by atoms with Crippen LogP contribution in [0.4, 0.5) is 0 Å². The monoisotopic (exact) mass is 493 g/mol. The van der Waals surface area contributed by atoms with E-state index in [-0.39, 0.29) is 12.8 Å². The minimum atomic E-state index is -0.993. The smallest absolute Gasteiger partial charge is 0.243 e. The summed E-state index contributed by atoms with van der Waals surface area (Å²) in [6.07, 6.45) is 5.56. The van der Waals surface area contributed by atoms with E-state index in [0.29, 0.717) is 12.1 Å². The van der Waals surface area contributed by atoms with E-state index in [0.717, 1.165) is 22.0 Å². The molecule has 3 aromatic heterocycles. The second-order valence-electron chi connectivity index (χ2n) is 8.30. The number of nitrogens with two attached hydrogens (primary N) is 2. The van der Waals surface area contributed by atoms with E-state index in [2.05, 4.69) is 25.6 Å². The van der Waals surface area contributed by atoms with Gasteiger partial charge in [-0.1, -0.05) is 18.2 Å². The van der Waals surface area contributed by atoms with Gasteiger partial charge in [0.25, 0.3) is 0 Å². The van der Waals surface area contributed by atoms with E-state index in [9.17, 15) is 14.4 Å². The number of nitrogens with zero attached hydrogens (tertiary/aromatic N) is 1. The molecule has 3 heterocycles. The quantitative estimate of drug-likeness (QED) is 0.181. The van der Waals surface area contributed by atoms with Crippen molar-refractivity contribution in [3.8, 4) is 0 Å². The Bertz CT molecular complexity index is 1280. The standard InChI is InChI=1S/C24H27N7O3S/c25-18(7-14-5-6-35-12-14)23(33)31-21(8-15-10-28-19-4-2-1-3-17(15)19)24(34)30-20(22(26)32)9-16-11-27-13-29-16/h1-6,10-13,18,20-21,28H,7-9,25H2,(H2,26,32)(H,27,29)(H,30,34)(H,31,33)/t18-,20-,21-/m0/s1. The topological polar surface area (TPSA) is 172 Å². The van der Waals surface area contributed by atoms with Crippen molar-refractivity contribution in [1.82, 2.24) is 25.6 Å². The summed E-state index contributed by atoms with van der Waals surface area (Å²) >= 11 is 1.52. The molecule has 3 amide bonds. The van der Waals surface area contributed by atoms with Crippen LogP contribution in [0.15, 0.2) is 59.8 Å². The Morgan fingerprint density at radius 3 is 2.51 bits per heavy atom. The highest BCUT2D eigenvalue weighted by molar-refractivity contribution is 7.07. The van der Waals surface area contributed by atoms with E-state index in [4.69, 9.17) is 11.5 Å². The molecule has 0 saturated carbocycles. The van der Waals surface area contributed by atoms with E-state index >= 15 is 0 Å². The third-order valence-corrected chi connectivity index (χ3v) is 6.46. The summed E-state index contributed by atoms with van der Waals surface area (Å²) in [5, 5.41) is 10.2. The molecular formula is C24H27N7O3S. The molecule has 0 saturated heterocycles. The van der Waals surface area contributed by atoms with Crippen LogP contribution in [0.2, 0.25) is 0 Å². The van der Waals surface area contributed by atoms with Gasteiger partial charge in [0.05, 0.1) is 18.1 Å². The van der Waals surface area contributed by atoms with Crippen LogP contribution in [0.25, 0.3) is 10.9 Å². The first-order valence-electron chi connectivity index (χ1n) is 11.1. The Morgan fingerprint density at radius 2 is 1.80 bits per heavy atom. The minimum Gasteiger partial charge on any atom is -0.368 e. The molecule has 4 aromatic rings. The molecule has 3 atom stereocenters. The van der Waals surface area contributed by atoms with Gasteiger partial charge >= 0.3 is 0 Å². The van der Waals surface area contributed by atoms with Gasteiger partial charge in [-0.05, 0) is 40.4 Å². The van der Waals surface area contributed by atoms with Crippen molar-refractivity contribution in [3.63, 3.8) is 0 Å². The lowest BCUT2D eigenvalue weighted by molar-refractivity contribution is -0.131. The molecule has 11 heteroatoms. The van der Waals surface area contributed by atoms with Crippen LogP contribution in [0.1, 0.15) is 16.8 Å². The van der Waals surface area contributed by atoms with Crippen LogP contribution in [0.3, 0.4) is 0 Å². The Kier molecular flexibility index (Phi) is 7.58. The number of fused-ring (bicyclic) bond motifs is 1. The fourth-order valence-corrected chi connectivity index (χ4v) is 4.55. The Labute approximate surface area is 205 Å². The molecule has 0 fully saturated rings. The number of hydrogen-bond donors (Lipinski definition) is 6. The SMILES string of the molecule is NC(=O)[C@H](Cc1c[nH]cn1)NC(=O)[C@H](Cc1c[nH]c2ccccc12)NC(=O)[C@@H](N)Cc1ccsc1. The number of nitrogens with one attached hydrogen (secondary N) is 4. The number of benzene rings is 1. The van der Waals surface area contributed by atoms with Crippen molar-refractivity contribution in [2.24, 2.45) is 11.5 Å². The van der Waals surface area contributed by atoms with Gasteiger partial charge in [0.1, 0.15) is 12.1 Å². The van der Waals surface area contributed by atoms with Gasteiger partial charge in [-0.2, -0.15) is 11.3 Å². The zero-order valence-corrected chi connectivity index (χ0v) is 19.7. The number of aromatic nitrogens is 3. The first kappa shape index (κ1) is 24.2. The van der Waals surface area contributed by atoms with Crippen molar-refractivity contribution in [2.45, 2.75) is 37.4 Å². The average molecular weight is 494 g/mol. The molecule has 8 N–H and O–H groups in total. The fraction of sp³-hybridized carbons (Fsp3) is 0.250. The predicted octanol–water partition coefficient (Wildman–Crippen LogP) is 0.763. The number of carbonyl (C=O) groups is 3. The van der Waals surface area contributed by atoms with E-state index in [1.54, 1.807) is 12.4 Å². The van der Waals surface area contributed by atoms with E-state index in [1.165, 1.54) is 17.7 Å². The largest absolute Gasteiger partial charge is 0.368 e. The molecule has 0 aliphatic heterocycles. The minimum absolute atomic E-state index is 0.121. The maximum atomic E-state index is 13.3. The lowest BCUT2D eigenvalue weighted by atomic mass is 10.0. The third kappa shape index (κ3) is 6.14. The van der Waals surface area contributed by atoms with Crippen molar-refractivity contribution in [3.05, 3.63) is 76.6 Å². The zero-order valence-electron chi connectivity index (χ0n) is 18.9. The van der Waals surface area contributed by atoms with Crippen LogP contribution < -0.4 is 22.1 Å². The lowest BCUT2D eigenvalue weighted by Crippen LogP contribution is -2.56. The Morgan fingerprint density at radius 1 is 1.00 bits per heavy atom. The van der Waals surface area contributed by atoms with Crippen LogP contribution >= 0.6 is 11.3 Å². The molecule has 182 valence electrons. The van der Waals surface area contributed by atoms with Gasteiger partial charge < -0.3 is 32.1 Å². The summed E-state index contributed by atoms with van der Waals surface area (Å²) in [5.41, 5.74) is 14.9. The second kappa shape index (κ2) is 11.0. The molecule has 0 bridgehead atoms. The molecule has 0 spiro atoms. The summed E-state index contributed by atoms with van der Waals surface area (Å²) in [7, 11) is 0. The van der Waals surface area contributed by atoms with Crippen LogP contribution in [-0.2, 0) is 33.6 Å². The van der Waals surface area contributed by atoms with E-state index < -0.39 is 35.8 Å². The highest BCUT2D eigenvalue weighted by Crippen LogP contribution is 2.19. The number of aromatic amines is 2. The maximum Gasteiger partial charge on any atom is 0.243 e. The fourth-order valence-electron chi connectivity index (χ4n) is 3.87. The highest BCUT2D eigenvalue weighted by Gasteiger charge is 2.28. The summed E-state index contributed by atoms with van der Waals surface area (Å²) in [6.45, 7) is 0. The van der Waals surface area contributed by atoms with Crippen molar-refractivity contribution < 1.29 is 14.4 Å². The number of hydrogen-bond acceptors (Lipinski definition) is 6. The van der Waals surface area contributed by atoms with E-state index in [1.807, 2.05) is 41.1 Å². The van der Waals surface area contributed by atoms with Crippen LogP contribution in [-0.4, -0.2) is 50.8 Å². The van der Waals surface area contributed by atoms with Gasteiger partial charge in [-0.15, -0.1) is 0 Å². The molecule has 35 heavy (non-hydrogen) atoms. The molecule has 0 unspecified atom stereocenters. The van der Waals surface area contributed by atoms with Crippen LogP contribution in [0, 0.1) is 0 Å². The van der Waals surface area contributed by atoms with Crippen molar-refractivity contribution >= 4 is 40.0 Å². The molecule has 0 radical (unpaired) electrons. The summed E-state index contributed by atoms with van der Waals surface area (Å²) < 4.78 is 0. The summed E-state index contributed by atoms with van der Waals surface area (Å²) in [4.78, 5) is 48.3. The Hall–Kier alpha value is -3.96. The van der Waals surface area contributed by atoms with Gasteiger partial charge in [-0.25, -0.2) is 4.98 Å². The summed E-state index contributed by atoms with van der Waals surface area (Å²) in [5.74, 6) is -1.70. The average Bonchev–Trinajstić information content (AvgIpc) is 3.61. The van der Waals surface area contributed by atoms with Gasteiger partial charge in [0, 0.05) is 36.1 Å². The number of rotatable bonds is 11. The molecule has 1 aromatic carbocycles. The van der Waals surface area contributed by atoms with Gasteiger partial charge in [-0.3, -0.25) is 14.4 Å². The first-order chi connectivity index (χ1) is 16.9. The zero-order chi connectivity index (χ0) is 24.8. The maximum absolute atomic E-state index is 13.3. The molecule has 0 aliphatic carbocycles. The van der Waals surface area contributed by atoms with Crippen LogP contribution in [0.5, 0.6) is 0 Å². The normalized spacial score (nSPS) is 13.7. The van der Waals surface area contributed by atoms with Crippen molar-refractivity contribution in [1.29, 1.82) is 0 Å². The van der Waals surface area contributed by atoms with Gasteiger partial charge in [0.15, 0.2) is 0 Å². The van der Waals surface area contributed by atoms with Gasteiger partial charge in [0.2, 0.25) is 17.7 Å². The van der Waals surface area contributed by atoms with Crippen molar-refractivity contribution in [2.75, 3.05) is 0 Å². The number of para-hydroxylation sites is 1. The highest BCUT2D eigenvalue weighted by atomic mass is 32.1. The Balaban J connectivity index is 1.52. The number of amides is 3. The lowest BCUT2D eigenvalue weighted by Gasteiger charge is -2.23. The molecule has 10 nitrogen and oxygen atoms in total. The number of primary amides is 1. The predicted molar refractivity (Wildman–Crippen MR) is 133 cm³/mol. The second-order valence-corrected chi connectivity index (χ2v) is 9.08. The number of imidazole rings is 1.